The maximum atomic E-state index is 10.2. The van der Waals surface area contributed by atoms with Crippen LogP contribution in [0.25, 0.3) is 0 Å². The highest BCUT2D eigenvalue weighted by Crippen LogP contribution is 2.23. The summed E-state index contributed by atoms with van der Waals surface area (Å²) < 4.78 is 5.75. The molecule has 0 fully saturated rings. The van der Waals surface area contributed by atoms with Gasteiger partial charge in [0.1, 0.15) is 5.02 Å². The molecule has 1 rings (SSSR count). The van der Waals surface area contributed by atoms with Crippen molar-refractivity contribution in [3.63, 3.8) is 0 Å². The zero-order valence-corrected chi connectivity index (χ0v) is 7.08. The molecule has 0 spiro atoms. The van der Waals surface area contributed by atoms with E-state index in [-0.39, 0.29) is 10.9 Å². The summed E-state index contributed by atoms with van der Waals surface area (Å²) in [5.41, 5.74) is 0. The van der Waals surface area contributed by atoms with Gasteiger partial charge in [0.2, 0.25) is 5.88 Å². The highest BCUT2D eigenvalue weighted by Gasteiger charge is 2.12. The zero-order chi connectivity index (χ0) is 9.14. The molecule has 0 saturated heterocycles. The van der Waals surface area contributed by atoms with Crippen molar-refractivity contribution in [2.45, 2.75) is 13.5 Å². The Kier molecular flexibility index (Phi) is 2.54. The third-order valence-corrected chi connectivity index (χ3v) is 1.49. The van der Waals surface area contributed by atoms with E-state index in [2.05, 4.69) is 9.84 Å². The third-order valence-electron chi connectivity index (χ3n) is 1.23. The first-order chi connectivity index (χ1) is 5.65. The van der Waals surface area contributed by atoms with Gasteiger partial charge in [0.25, 0.3) is 0 Å². The first-order valence-electron chi connectivity index (χ1n) is 3.27. The predicted octanol–water partition coefficient (Wildman–Crippen LogP) is 1.61. The lowest BCUT2D eigenvalue weighted by atomic mass is 10.6. The van der Waals surface area contributed by atoms with E-state index in [4.69, 9.17) is 16.7 Å². The minimum Gasteiger partial charge on any atom is -0.449 e. The summed E-state index contributed by atoms with van der Waals surface area (Å²) in [4.78, 5) is 10.2. The molecule has 1 heterocycles. The van der Waals surface area contributed by atoms with E-state index in [9.17, 15) is 4.79 Å². The molecule has 0 amide bonds. The number of ether oxygens (including phenoxy) is 1. The minimum atomic E-state index is -1.40. The van der Waals surface area contributed by atoms with Gasteiger partial charge in [0.05, 0.1) is 6.20 Å². The standard InChI is InChI=1S/C6H7ClN2O3/c1-2-9-5(12-6(10)11)4(7)3-8-9/h3H,2H2,1H3,(H,10,11). The summed E-state index contributed by atoms with van der Waals surface area (Å²) in [6, 6.07) is 0. The maximum absolute atomic E-state index is 10.2. The summed E-state index contributed by atoms with van der Waals surface area (Å²) in [6.07, 6.45) is -0.0596. The van der Waals surface area contributed by atoms with Crippen molar-refractivity contribution in [1.82, 2.24) is 9.78 Å². The average Bonchev–Trinajstić information content (AvgIpc) is 2.32. The smallest absolute Gasteiger partial charge is 0.449 e. The molecule has 0 saturated carbocycles. The van der Waals surface area contributed by atoms with Crippen LogP contribution in [-0.2, 0) is 6.54 Å². The lowest BCUT2D eigenvalue weighted by Gasteiger charge is -2.01. The number of halogens is 1. The first kappa shape index (κ1) is 8.86. The van der Waals surface area contributed by atoms with E-state index in [0.717, 1.165) is 0 Å². The molecule has 0 unspecified atom stereocenters. The number of hydrogen-bond acceptors (Lipinski definition) is 3. The SMILES string of the molecule is CCn1ncc(Cl)c1OC(=O)O. The molecule has 0 radical (unpaired) electrons. The molecule has 0 aliphatic carbocycles. The number of aryl methyl sites for hydroxylation is 1. The number of carboxylic acid groups (broad SMARTS) is 1. The van der Waals surface area contributed by atoms with Gasteiger partial charge in [-0.25, -0.2) is 9.48 Å². The third kappa shape index (κ3) is 1.68. The number of nitrogens with zero attached hydrogens (tertiary/aromatic N) is 2. The van der Waals surface area contributed by atoms with Gasteiger partial charge in [0, 0.05) is 6.54 Å². The molecule has 5 nitrogen and oxygen atoms in total. The van der Waals surface area contributed by atoms with Crippen molar-refractivity contribution in [1.29, 1.82) is 0 Å². The van der Waals surface area contributed by atoms with Crippen molar-refractivity contribution in [3.8, 4) is 5.88 Å². The quantitative estimate of drug-likeness (QED) is 0.720. The molecule has 1 N–H and O–H groups in total. The highest BCUT2D eigenvalue weighted by atomic mass is 35.5. The molecule has 0 aromatic carbocycles. The fourth-order valence-electron chi connectivity index (χ4n) is 0.761. The summed E-state index contributed by atoms with van der Waals surface area (Å²) in [7, 11) is 0. The Hall–Kier alpha value is -1.23. The van der Waals surface area contributed by atoms with Crippen LogP contribution in [-0.4, -0.2) is 21.0 Å². The molecule has 6 heteroatoms. The van der Waals surface area contributed by atoms with Gasteiger partial charge in [-0.1, -0.05) is 11.6 Å². The average molecular weight is 191 g/mol. The highest BCUT2D eigenvalue weighted by molar-refractivity contribution is 6.31. The fraction of sp³-hybridized carbons (Fsp3) is 0.333. The second-order valence-electron chi connectivity index (χ2n) is 1.98. The van der Waals surface area contributed by atoms with Crippen LogP contribution in [0.4, 0.5) is 4.79 Å². The van der Waals surface area contributed by atoms with Gasteiger partial charge in [-0.05, 0) is 6.92 Å². The van der Waals surface area contributed by atoms with Crippen LogP contribution in [0, 0.1) is 0 Å². The van der Waals surface area contributed by atoms with E-state index in [1.807, 2.05) is 0 Å². The van der Waals surface area contributed by atoms with E-state index in [0.29, 0.717) is 6.54 Å². The Morgan fingerprint density at radius 2 is 2.58 bits per heavy atom. The van der Waals surface area contributed by atoms with Gasteiger partial charge in [0.15, 0.2) is 0 Å². The largest absolute Gasteiger partial charge is 0.512 e. The Morgan fingerprint density at radius 3 is 3.08 bits per heavy atom. The second kappa shape index (κ2) is 3.44. The summed E-state index contributed by atoms with van der Waals surface area (Å²) in [5, 5.41) is 12.3. The Morgan fingerprint density at radius 1 is 1.92 bits per heavy atom. The van der Waals surface area contributed by atoms with Crippen molar-refractivity contribution in [3.05, 3.63) is 11.2 Å². The molecule has 0 bridgehead atoms. The molecular formula is C6H7ClN2O3. The summed E-state index contributed by atoms with van der Waals surface area (Å²) >= 11 is 5.60. The topological polar surface area (TPSA) is 64.4 Å². The number of rotatable bonds is 2. The van der Waals surface area contributed by atoms with Crippen LogP contribution in [0.5, 0.6) is 5.88 Å². The van der Waals surface area contributed by atoms with Crippen molar-refractivity contribution in [2.24, 2.45) is 0 Å². The second-order valence-corrected chi connectivity index (χ2v) is 2.39. The lowest BCUT2D eigenvalue weighted by Crippen LogP contribution is -2.08. The molecule has 0 aliphatic heterocycles. The van der Waals surface area contributed by atoms with Crippen molar-refractivity contribution in [2.75, 3.05) is 0 Å². The Bertz CT molecular complexity index is 297. The molecule has 1 aromatic rings. The van der Waals surface area contributed by atoms with Gasteiger partial charge in [-0.15, -0.1) is 0 Å². The monoisotopic (exact) mass is 190 g/mol. The number of carbonyl (C=O) groups is 1. The minimum absolute atomic E-state index is 0.0617. The van der Waals surface area contributed by atoms with Gasteiger partial charge < -0.3 is 9.84 Å². The van der Waals surface area contributed by atoms with Crippen LogP contribution in [0.3, 0.4) is 0 Å². The lowest BCUT2D eigenvalue weighted by molar-refractivity contribution is 0.140. The normalized spacial score (nSPS) is 9.83. The molecule has 1 aromatic heterocycles. The first-order valence-corrected chi connectivity index (χ1v) is 3.65. The van der Waals surface area contributed by atoms with E-state index < -0.39 is 6.16 Å². The van der Waals surface area contributed by atoms with Crippen LogP contribution < -0.4 is 4.74 Å². The number of hydrogen-bond donors (Lipinski definition) is 1. The van der Waals surface area contributed by atoms with E-state index >= 15 is 0 Å². The summed E-state index contributed by atoms with van der Waals surface area (Å²) in [6.45, 7) is 2.31. The number of aromatic nitrogens is 2. The van der Waals surface area contributed by atoms with Crippen LogP contribution in [0.2, 0.25) is 5.02 Å². The molecule has 0 aliphatic rings. The van der Waals surface area contributed by atoms with Crippen LogP contribution >= 0.6 is 11.6 Å². The van der Waals surface area contributed by atoms with Gasteiger partial charge >= 0.3 is 6.16 Å². The molecular weight excluding hydrogens is 184 g/mol. The van der Waals surface area contributed by atoms with Crippen molar-refractivity contribution < 1.29 is 14.6 Å². The Balaban J connectivity index is 2.94. The summed E-state index contributed by atoms with van der Waals surface area (Å²) in [5.74, 6) is 0.0617. The van der Waals surface area contributed by atoms with E-state index in [1.165, 1.54) is 10.9 Å². The molecule has 0 atom stereocenters. The molecule has 12 heavy (non-hydrogen) atoms. The van der Waals surface area contributed by atoms with Crippen LogP contribution in [0.1, 0.15) is 6.92 Å². The zero-order valence-electron chi connectivity index (χ0n) is 6.32. The van der Waals surface area contributed by atoms with E-state index in [1.54, 1.807) is 6.92 Å². The maximum Gasteiger partial charge on any atom is 0.512 e. The fourth-order valence-corrected chi connectivity index (χ4v) is 0.941. The molecule has 66 valence electrons. The van der Waals surface area contributed by atoms with Gasteiger partial charge in [-0.3, -0.25) is 0 Å². The van der Waals surface area contributed by atoms with Crippen LogP contribution in [0.15, 0.2) is 6.20 Å². The predicted molar refractivity (Wildman–Crippen MR) is 41.6 cm³/mol. The Labute approximate surface area is 73.5 Å². The van der Waals surface area contributed by atoms with Gasteiger partial charge in [-0.2, -0.15) is 5.10 Å². The van der Waals surface area contributed by atoms with Crippen molar-refractivity contribution >= 4 is 17.8 Å².